The van der Waals surface area contributed by atoms with Gasteiger partial charge >= 0.3 is 0 Å². The van der Waals surface area contributed by atoms with E-state index >= 15 is 0 Å². The Balaban J connectivity index is 1.47. The van der Waals surface area contributed by atoms with Crippen LogP contribution in [0, 0.1) is 4.77 Å². The van der Waals surface area contributed by atoms with Gasteiger partial charge in [-0.1, -0.05) is 30.3 Å². The summed E-state index contributed by atoms with van der Waals surface area (Å²) in [5.74, 6) is 1.23. The second-order valence-corrected chi connectivity index (χ2v) is 7.18. The number of methoxy groups -OCH3 is 1. The van der Waals surface area contributed by atoms with Gasteiger partial charge in [-0.05, 0) is 55.4 Å². The number of aromatic nitrogens is 3. The van der Waals surface area contributed by atoms with Crippen LogP contribution in [0.25, 0.3) is 11.4 Å². The number of nitrogens with zero attached hydrogens (tertiary/aromatic N) is 2. The van der Waals surface area contributed by atoms with Crippen molar-refractivity contribution < 1.29 is 14.3 Å². The fourth-order valence-electron chi connectivity index (χ4n) is 3.00. The van der Waals surface area contributed by atoms with Crippen LogP contribution in [-0.2, 0) is 16.1 Å². The number of H-pyrrole nitrogens is 1. The van der Waals surface area contributed by atoms with Crippen LogP contribution in [0.3, 0.4) is 0 Å². The van der Waals surface area contributed by atoms with Crippen molar-refractivity contribution in [1.82, 2.24) is 20.1 Å². The van der Waals surface area contributed by atoms with E-state index in [1.165, 1.54) is 0 Å². The summed E-state index contributed by atoms with van der Waals surface area (Å²) in [4.78, 5) is 12.4. The molecule has 8 heteroatoms. The zero-order chi connectivity index (χ0) is 21.3. The fourth-order valence-corrected chi connectivity index (χ4v) is 3.20. The minimum atomic E-state index is -0.127. The quantitative estimate of drug-likeness (QED) is 0.380. The number of rotatable bonds is 10. The summed E-state index contributed by atoms with van der Waals surface area (Å²) in [5, 5.41) is 9.93. The van der Waals surface area contributed by atoms with E-state index in [1.807, 2.05) is 61.5 Å². The third kappa shape index (κ3) is 5.77. The van der Waals surface area contributed by atoms with Crippen LogP contribution in [-0.4, -0.2) is 40.9 Å². The maximum Gasteiger partial charge on any atom is 0.240 e. The molecule has 0 unspecified atom stereocenters. The van der Waals surface area contributed by atoms with E-state index in [0.29, 0.717) is 23.7 Å². The molecule has 0 spiro atoms. The lowest BCUT2D eigenvalue weighted by Gasteiger charge is -2.13. The van der Waals surface area contributed by atoms with E-state index in [2.05, 4.69) is 15.5 Å². The lowest BCUT2D eigenvalue weighted by Crippen LogP contribution is -2.29. The largest absolute Gasteiger partial charge is 0.497 e. The molecule has 0 bridgehead atoms. The highest BCUT2D eigenvalue weighted by molar-refractivity contribution is 7.71. The van der Waals surface area contributed by atoms with Gasteiger partial charge in [-0.15, -0.1) is 0 Å². The molecule has 0 aliphatic heterocycles. The van der Waals surface area contributed by atoms with E-state index < -0.39 is 0 Å². The molecular formula is C22H26N4O3S. The molecule has 7 nitrogen and oxygen atoms in total. The Bertz CT molecular complexity index is 999. The summed E-state index contributed by atoms with van der Waals surface area (Å²) >= 11 is 5.29. The molecule has 1 heterocycles. The summed E-state index contributed by atoms with van der Waals surface area (Å²) < 4.78 is 13.1. The van der Waals surface area contributed by atoms with Crippen molar-refractivity contribution in [2.45, 2.75) is 26.0 Å². The first-order valence-corrected chi connectivity index (χ1v) is 10.2. The molecule has 30 heavy (non-hydrogen) atoms. The van der Waals surface area contributed by atoms with Gasteiger partial charge in [0.15, 0.2) is 10.6 Å². The van der Waals surface area contributed by atoms with E-state index in [1.54, 1.807) is 11.7 Å². The molecule has 0 fully saturated rings. The molecule has 0 aliphatic rings. The lowest BCUT2D eigenvalue weighted by molar-refractivity contribution is -0.121. The van der Waals surface area contributed by atoms with Crippen molar-refractivity contribution in [2.24, 2.45) is 0 Å². The van der Waals surface area contributed by atoms with Gasteiger partial charge in [-0.25, -0.2) is 0 Å². The predicted molar refractivity (Wildman–Crippen MR) is 118 cm³/mol. The van der Waals surface area contributed by atoms with Gasteiger partial charge in [0, 0.05) is 18.7 Å². The Hall–Kier alpha value is -2.97. The van der Waals surface area contributed by atoms with Crippen LogP contribution in [0.15, 0.2) is 54.6 Å². The van der Waals surface area contributed by atoms with Crippen LogP contribution >= 0.6 is 12.2 Å². The van der Waals surface area contributed by atoms with E-state index in [0.717, 1.165) is 23.3 Å². The normalized spacial score (nSPS) is 11.8. The van der Waals surface area contributed by atoms with Crippen LogP contribution in [0.1, 0.15) is 25.0 Å². The number of carbonyl (C=O) groups is 1. The molecule has 0 saturated carbocycles. The number of aromatic amines is 1. The summed E-state index contributed by atoms with van der Waals surface area (Å²) in [6, 6.07) is 17.5. The van der Waals surface area contributed by atoms with Crippen LogP contribution < -0.4 is 10.1 Å². The van der Waals surface area contributed by atoms with Crippen molar-refractivity contribution in [2.75, 3.05) is 20.3 Å². The Morgan fingerprint density at radius 1 is 1.20 bits per heavy atom. The zero-order valence-electron chi connectivity index (χ0n) is 17.1. The van der Waals surface area contributed by atoms with Gasteiger partial charge in [0.1, 0.15) is 12.3 Å². The summed E-state index contributed by atoms with van der Waals surface area (Å²) in [7, 11) is 1.61. The van der Waals surface area contributed by atoms with E-state index in [9.17, 15) is 4.79 Å². The summed E-state index contributed by atoms with van der Waals surface area (Å²) in [6.07, 6.45) is 0.753. The summed E-state index contributed by atoms with van der Waals surface area (Å²) in [6.45, 7) is 3.22. The Morgan fingerprint density at radius 3 is 2.63 bits per heavy atom. The number of nitrogens with one attached hydrogen (secondary N) is 2. The average molecular weight is 427 g/mol. The smallest absolute Gasteiger partial charge is 0.240 e. The second-order valence-electron chi connectivity index (χ2n) is 6.79. The molecular weight excluding hydrogens is 400 g/mol. The molecule has 3 aromatic rings. The van der Waals surface area contributed by atoms with E-state index in [-0.39, 0.29) is 18.6 Å². The van der Waals surface area contributed by atoms with Crippen molar-refractivity contribution in [3.8, 4) is 17.1 Å². The van der Waals surface area contributed by atoms with Gasteiger partial charge in [0.25, 0.3) is 0 Å². The highest BCUT2D eigenvalue weighted by atomic mass is 32.1. The minimum Gasteiger partial charge on any atom is -0.497 e. The maximum absolute atomic E-state index is 12.4. The van der Waals surface area contributed by atoms with Crippen molar-refractivity contribution in [1.29, 1.82) is 0 Å². The second kappa shape index (κ2) is 10.7. The fraction of sp³-hybridized carbons (Fsp3) is 0.318. The van der Waals surface area contributed by atoms with Crippen LogP contribution in [0.4, 0.5) is 0 Å². The standard InChI is InChI=1S/C22H26N4O3S/c1-16(17-7-4-3-5-8-17)29-14-6-13-23-20(27)15-26-21(24-25-22(26)30)18-9-11-19(28-2)12-10-18/h3-5,7-12,16H,6,13-15H2,1-2H3,(H,23,27)(H,25,30)/t16-/m1/s1. The number of ether oxygens (including phenoxy) is 2. The molecule has 1 atom stereocenters. The van der Waals surface area contributed by atoms with Gasteiger partial charge in [-0.2, -0.15) is 5.10 Å². The molecule has 3 rings (SSSR count). The number of hydrogen-bond acceptors (Lipinski definition) is 5. The Kier molecular flexibility index (Phi) is 7.75. The third-order valence-electron chi connectivity index (χ3n) is 4.69. The van der Waals surface area contributed by atoms with Crippen molar-refractivity contribution in [3.63, 3.8) is 0 Å². The Labute approximate surface area is 181 Å². The molecule has 0 saturated heterocycles. The third-order valence-corrected chi connectivity index (χ3v) is 5.00. The Morgan fingerprint density at radius 2 is 1.93 bits per heavy atom. The molecule has 2 N–H and O–H groups in total. The van der Waals surface area contributed by atoms with Gasteiger partial charge in [-0.3, -0.25) is 14.5 Å². The van der Waals surface area contributed by atoms with Gasteiger partial charge in [0.05, 0.1) is 13.2 Å². The number of benzene rings is 2. The zero-order valence-corrected chi connectivity index (χ0v) is 17.9. The molecule has 0 radical (unpaired) electrons. The number of hydrogen-bond donors (Lipinski definition) is 2. The SMILES string of the molecule is COc1ccc(-c2n[nH]c(=S)n2CC(=O)NCCCO[C@H](C)c2ccccc2)cc1. The first kappa shape index (κ1) is 21.7. The van der Waals surface area contributed by atoms with Crippen molar-refractivity contribution in [3.05, 3.63) is 64.9 Å². The lowest BCUT2D eigenvalue weighted by atomic mass is 10.1. The molecule has 158 valence electrons. The number of carbonyl (C=O) groups excluding carboxylic acids is 1. The molecule has 1 amide bonds. The monoisotopic (exact) mass is 426 g/mol. The van der Waals surface area contributed by atoms with Crippen LogP contribution in [0.2, 0.25) is 0 Å². The highest BCUT2D eigenvalue weighted by Gasteiger charge is 2.12. The topological polar surface area (TPSA) is 81.2 Å². The van der Waals surface area contributed by atoms with Gasteiger partial charge < -0.3 is 14.8 Å². The molecule has 0 aliphatic carbocycles. The van der Waals surface area contributed by atoms with E-state index in [4.69, 9.17) is 21.7 Å². The number of amides is 1. The maximum atomic E-state index is 12.4. The minimum absolute atomic E-state index is 0.0261. The van der Waals surface area contributed by atoms with Crippen LogP contribution in [0.5, 0.6) is 5.75 Å². The van der Waals surface area contributed by atoms with Crippen molar-refractivity contribution >= 4 is 18.1 Å². The summed E-state index contributed by atoms with van der Waals surface area (Å²) in [5.41, 5.74) is 1.99. The highest BCUT2D eigenvalue weighted by Crippen LogP contribution is 2.21. The average Bonchev–Trinajstić information content (AvgIpc) is 3.14. The first-order chi connectivity index (χ1) is 14.6. The molecule has 1 aromatic heterocycles. The first-order valence-electron chi connectivity index (χ1n) is 9.81. The predicted octanol–water partition coefficient (Wildman–Crippen LogP) is 3.90. The van der Waals surface area contributed by atoms with Gasteiger partial charge in [0.2, 0.25) is 5.91 Å². The molecule has 2 aromatic carbocycles.